The number of phenols is 2. The van der Waals surface area contributed by atoms with Gasteiger partial charge in [0.25, 0.3) is 0 Å². The van der Waals surface area contributed by atoms with Crippen molar-refractivity contribution in [1.82, 2.24) is 0 Å². The molecule has 0 bridgehead atoms. The molecule has 7 nitrogen and oxygen atoms in total. The van der Waals surface area contributed by atoms with Crippen LogP contribution >= 0.6 is 27.5 Å². The van der Waals surface area contributed by atoms with Gasteiger partial charge in [-0.1, -0.05) is 27.5 Å². The van der Waals surface area contributed by atoms with E-state index in [4.69, 9.17) is 16.7 Å². The fourth-order valence-corrected chi connectivity index (χ4v) is 4.96. The van der Waals surface area contributed by atoms with Crippen LogP contribution in [0.1, 0.15) is 5.56 Å². The monoisotopic (exact) mass is 455 g/mol. The Labute approximate surface area is 151 Å². The van der Waals surface area contributed by atoms with Gasteiger partial charge in [-0.3, -0.25) is 0 Å². The van der Waals surface area contributed by atoms with Crippen LogP contribution in [-0.4, -0.2) is 27.0 Å². The lowest BCUT2D eigenvalue weighted by molar-refractivity contribution is 0.451. The van der Waals surface area contributed by atoms with Gasteiger partial charge >= 0.3 is 0 Å². The number of phenolic OH excluding ortho intramolecular Hbond substituents is 2. The Balaban J connectivity index is 2.59. The molecule has 0 fully saturated rings. The minimum Gasteiger partial charge on any atom is -0.507 e. The van der Waals surface area contributed by atoms with Crippen LogP contribution in [0.3, 0.4) is 0 Å². The lowest BCUT2D eigenvalue weighted by Gasteiger charge is -2.11. The Morgan fingerprint density at radius 1 is 1.04 bits per heavy atom. The normalized spacial score (nSPS) is 12.3. The van der Waals surface area contributed by atoms with E-state index in [-0.39, 0.29) is 15.5 Å². The van der Waals surface area contributed by atoms with E-state index in [2.05, 4.69) is 15.9 Å². The summed E-state index contributed by atoms with van der Waals surface area (Å²) in [6, 6.07) is 5.85. The predicted molar refractivity (Wildman–Crippen MR) is 91.2 cm³/mol. The van der Waals surface area contributed by atoms with Crippen LogP contribution < -0.4 is 5.14 Å². The van der Waals surface area contributed by atoms with Crippen molar-refractivity contribution in [3.05, 3.63) is 45.4 Å². The van der Waals surface area contributed by atoms with E-state index in [1.54, 1.807) is 0 Å². The van der Waals surface area contributed by atoms with Crippen molar-refractivity contribution in [3.8, 4) is 11.5 Å². The second kappa shape index (κ2) is 6.52. The summed E-state index contributed by atoms with van der Waals surface area (Å²) in [4.78, 5) is -1.06. The summed E-state index contributed by atoms with van der Waals surface area (Å²) in [5.74, 6) is -2.07. The van der Waals surface area contributed by atoms with Crippen LogP contribution in [0.2, 0.25) is 5.02 Å². The van der Waals surface area contributed by atoms with Crippen molar-refractivity contribution in [3.63, 3.8) is 0 Å². The van der Waals surface area contributed by atoms with Crippen molar-refractivity contribution in [2.75, 3.05) is 0 Å². The fourth-order valence-electron chi connectivity index (χ4n) is 1.97. The number of hydrogen-bond donors (Lipinski definition) is 3. The van der Waals surface area contributed by atoms with Crippen LogP contribution in [-0.2, 0) is 25.6 Å². The molecule has 11 heteroatoms. The minimum absolute atomic E-state index is 0.111. The maximum Gasteiger partial charge on any atom is 0.241 e. The molecular weight excluding hydrogens is 446 g/mol. The lowest BCUT2D eigenvalue weighted by atomic mass is 10.2. The highest BCUT2D eigenvalue weighted by Crippen LogP contribution is 2.34. The molecule has 0 atom stereocenters. The Hall–Kier alpha value is -1.33. The third-order valence-electron chi connectivity index (χ3n) is 3.03. The van der Waals surface area contributed by atoms with Crippen LogP contribution in [0.5, 0.6) is 11.5 Å². The highest BCUT2D eigenvalue weighted by molar-refractivity contribution is 9.10. The lowest BCUT2D eigenvalue weighted by Crippen LogP contribution is -2.14. The molecule has 0 aliphatic rings. The number of primary sulfonamides is 1. The topological polar surface area (TPSA) is 135 Å². The first-order valence-corrected chi connectivity index (χ1v) is 10.5. The Morgan fingerprint density at radius 3 is 2.25 bits per heavy atom. The van der Waals surface area contributed by atoms with Crippen LogP contribution in [0.4, 0.5) is 0 Å². The molecule has 0 heterocycles. The SMILES string of the molecule is NS(=O)(=O)c1cc(Cl)cc(CS(=O)(=O)c2cc(Br)ccc2O)c1O. The molecule has 4 N–H and O–H groups in total. The van der Waals surface area contributed by atoms with E-state index >= 15 is 0 Å². The summed E-state index contributed by atoms with van der Waals surface area (Å²) >= 11 is 8.87. The summed E-state index contributed by atoms with van der Waals surface area (Å²) in [7, 11) is -8.40. The Morgan fingerprint density at radius 2 is 1.67 bits per heavy atom. The van der Waals surface area contributed by atoms with Crippen molar-refractivity contribution < 1.29 is 27.0 Å². The zero-order valence-corrected chi connectivity index (χ0v) is 15.7. The van der Waals surface area contributed by atoms with Gasteiger partial charge in [-0.25, -0.2) is 22.0 Å². The number of benzene rings is 2. The standard InChI is InChI=1S/C13H11BrClNO6S2/c14-8-1-2-10(17)11(4-8)23(19,20)6-7-3-9(15)5-12(13(7)18)24(16,21)22/h1-5,17-18H,6H2,(H2,16,21,22). The van der Waals surface area contributed by atoms with Gasteiger partial charge in [0.1, 0.15) is 21.3 Å². The largest absolute Gasteiger partial charge is 0.507 e. The number of sulfone groups is 1. The number of halogens is 2. The maximum absolute atomic E-state index is 12.5. The molecule has 0 radical (unpaired) electrons. The van der Waals surface area contributed by atoms with Crippen molar-refractivity contribution in [2.45, 2.75) is 15.5 Å². The van der Waals surface area contributed by atoms with E-state index in [1.165, 1.54) is 18.2 Å². The summed E-state index contributed by atoms with van der Waals surface area (Å²) < 4.78 is 48.3. The Bertz CT molecular complexity index is 1020. The van der Waals surface area contributed by atoms with Gasteiger partial charge < -0.3 is 10.2 Å². The average molecular weight is 457 g/mol. The summed E-state index contributed by atoms with van der Waals surface area (Å²) in [5, 5.41) is 24.6. The van der Waals surface area contributed by atoms with Crippen molar-refractivity contribution >= 4 is 47.4 Å². The second-order valence-corrected chi connectivity index (χ2v) is 9.67. The highest BCUT2D eigenvalue weighted by atomic mass is 79.9. The number of nitrogens with two attached hydrogens (primary N) is 1. The summed E-state index contributed by atoms with van der Waals surface area (Å²) in [6.45, 7) is 0. The van der Waals surface area contributed by atoms with Gasteiger partial charge in [-0.15, -0.1) is 0 Å². The van der Waals surface area contributed by atoms with Gasteiger partial charge in [0, 0.05) is 15.1 Å². The van der Waals surface area contributed by atoms with E-state index in [9.17, 15) is 27.0 Å². The first-order valence-electron chi connectivity index (χ1n) is 6.17. The molecule has 0 spiro atoms. The van der Waals surface area contributed by atoms with E-state index in [0.29, 0.717) is 4.47 Å². The van der Waals surface area contributed by atoms with Crippen LogP contribution in [0.25, 0.3) is 0 Å². The summed E-state index contributed by atoms with van der Waals surface area (Å²) in [6.07, 6.45) is 0. The van der Waals surface area contributed by atoms with E-state index in [1.807, 2.05) is 0 Å². The van der Waals surface area contributed by atoms with E-state index in [0.717, 1.165) is 12.1 Å². The van der Waals surface area contributed by atoms with Crippen LogP contribution in [0.15, 0.2) is 44.6 Å². The molecule has 0 saturated heterocycles. The van der Waals surface area contributed by atoms with Gasteiger partial charge in [0.2, 0.25) is 10.0 Å². The van der Waals surface area contributed by atoms with Gasteiger partial charge in [-0.05, 0) is 30.3 Å². The molecule has 2 aromatic carbocycles. The van der Waals surface area contributed by atoms with Gasteiger partial charge in [0.05, 0.1) is 5.75 Å². The quantitative estimate of drug-likeness (QED) is 0.645. The van der Waals surface area contributed by atoms with Crippen molar-refractivity contribution in [1.29, 1.82) is 0 Å². The zero-order chi connectivity index (χ0) is 18.3. The number of aromatic hydroxyl groups is 2. The number of hydrogen-bond acceptors (Lipinski definition) is 6. The fraction of sp³-hybridized carbons (Fsp3) is 0.0769. The maximum atomic E-state index is 12.5. The predicted octanol–water partition coefficient (Wildman–Crippen LogP) is 2.14. The highest BCUT2D eigenvalue weighted by Gasteiger charge is 2.25. The molecule has 2 rings (SSSR count). The average Bonchev–Trinajstić information content (AvgIpc) is 2.43. The first-order chi connectivity index (χ1) is 10.9. The van der Waals surface area contributed by atoms with Gasteiger partial charge in [0.15, 0.2) is 9.84 Å². The third-order valence-corrected chi connectivity index (χ3v) is 6.35. The number of rotatable bonds is 4. The zero-order valence-electron chi connectivity index (χ0n) is 11.8. The third kappa shape index (κ3) is 4.01. The van der Waals surface area contributed by atoms with Crippen LogP contribution in [0, 0.1) is 0 Å². The molecule has 0 saturated carbocycles. The molecule has 0 aromatic heterocycles. The summed E-state index contributed by atoms with van der Waals surface area (Å²) in [5.41, 5.74) is -0.258. The molecule has 0 amide bonds. The molecule has 0 unspecified atom stereocenters. The molecule has 0 aliphatic heterocycles. The van der Waals surface area contributed by atoms with Gasteiger partial charge in [-0.2, -0.15) is 0 Å². The van der Waals surface area contributed by atoms with E-state index < -0.39 is 42.0 Å². The smallest absolute Gasteiger partial charge is 0.241 e. The second-order valence-electron chi connectivity index (χ2n) is 4.83. The molecule has 130 valence electrons. The first kappa shape index (κ1) is 19.0. The van der Waals surface area contributed by atoms with Crippen molar-refractivity contribution in [2.24, 2.45) is 5.14 Å². The Kier molecular flexibility index (Phi) is 5.17. The molecule has 0 aliphatic carbocycles. The molecular formula is C13H11BrClNO6S2. The molecule has 2 aromatic rings. The molecule has 24 heavy (non-hydrogen) atoms. The number of sulfonamides is 1. The minimum atomic E-state index is -4.30.